The van der Waals surface area contributed by atoms with E-state index in [1.54, 1.807) is 6.26 Å². The van der Waals surface area contributed by atoms with Gasteiger partial charge in [-0.15, -0.1) is 0 Å². The summed E-state index contributed by atoms with van der Waals surface area (Å²) in [6.07, 6.45) is 12.3. The van der Waals surface area contributed by atoms with Gasteiger partial charge in [0.1, 0.15) is 5.76 Å². The number of likely N-dealkylation sites (tertiary alicyclic amines) is 1. The molecule has 6 rings (SSSR count). The van der Waals surface area contributed by atoms with Gasteiger partial charge in [0, 0.05) is 12.6 Å². The fourth-order valence-electron chi connectivity index (χ4n) is 6.67. The van der Waals surface area contributed by atoms with Gasteiger partial charge < -0.3 is 15.1 Å². The normalized spacial score (nSPS) is 36.5. The predicted molar refractivity (Wildman–Crippen MR) is 104 cm³/mol. The highest BCUT2D eigenvalue weighted by Crippen LogP contribution is 2.53. The minimum absolute atomic E-state index is 0.0149. The van der Waals surface area contributed by atoms with Crippen LogP contribution in [0.15, 0.2) is 22.8 Å². The molecule has 1 aromatic heterocycles. The molecular formula is C22H33N3O2. The van der Waals surface area contributed by atoms with E-state index in [1.165, 1.54) is 51.4 Å². The number of nitrogens with one attached hydrogen (secondary N) is 2. The van der Waals surface area contributed by atoms with Gasteiger partial charge in [-0.1, -0.05) is 6.42 Å². The number of rotatable bonds is 5. The van der Waals surface area contributed by atoms with Crippen LogP contribution in [0.2, 0.25) is 0 Å². The van der Waals surface area contributed by atoms with E-state index in [4.69, 9.17) is 4.42 Å². The van der Waals surface area contributed by atoms with E-state index in [9.17, 15) is 4.79 Å². The number of carbonyl (C=O) groups excluding carboxylic acids is 1. The van der Waals surface area contributed by atoms with Crippen molar-refractivity contribution in [3.8, 4) is 0 Å². The zero-order chi connectivity index (χ0) is 18.2. The molecule has 5 fully saturated rings. The highest BCUT2D eigenvalue weighted by Gasteiger charge is 2.48. The van der Waals surface area contributed by atoms with Gasteiger partial charge in [-0.2, -0.15) is 0 Å². The largest absolute Gasteiger partial charge is 0.468 e. The Morgan fingerprint density at radius 1 is 1.07 bits per heavy atom. The maximum atomic E-state index is 12.7. The van der Waals surface area contributed by atoms with Crippen LogP contribution in [-0.2, 0) is 0 Å². The number of piperidine rings is 1. The van der Waals surface area contributed by atoms with Crippen LogP contribution in [0.25, 0.3) is 0 Å². The van der Waals surface area contributed by atoms with Crippen molar-refractivity contribution >= 4 is 6.03 Å². The summed E-state index contributed by atoms with van der Waals surface area (Å²) in [5, 5.41) is 6.54. The Bertz CT molecular complexity index is 610. The monoisotopic (exact) mass is 371 g/mol. The number of furan rings is 1. The molecule has 1 aliphatic heterocycles. The standard InChI is InChI=1S/C22H33N3O2/c26-22(24-21-17-10-15-9-16(12-17)13-18(21)11-15)23-14-19(20-5-4-8-27-20)25-6-2-1-3-7-25/h4-5,8,15-19,21H,1-3,6-7,9-14H2,(H2,23,24,26). The minimum atomic E-state index is 0.0149. The summed E-state index contributed by atoms with van der Waals surface area (Å²) in [6, 6.07) is 4.54. The van der Waals surface area contributed by atoms with Gasteiger partial charge in [-0.05, 0) is 93.8 Å². The van der Waals surface area contributed by atoms with Gasteiger partial charge in [0.2, 0.25) is 0 Å². The Kier molecular flexibility index (Phi) is 4.89. The first-order valence-electron chi connectivity index (χ1n) is 11.1. The van der Waals surface area contributed by atoms with Crippen LogP contribution in [0.1, 0.15) is 63.2 Å². The molecule has 0 spiro atoms. The number of hydrogen-bond donors (Lipinski definition) is 2. The first-order valence-corrected chi connectivity index (χ1v) is 11.1. The van der Waals surface area contributed by atoms with E-state index in [-0.39, 0.29) is 12.1 Å². The van der Waals surface area contributed by atoms with Crippen LogP contribution in [0.3, 0.4) is 0 Å². The molecule has 2 heterocycles. The summed E-state index contributed by atoms with van der Waals surface area (Å²) in [4.78, 5) is 15.2. The molecule has 4 aliphatic carbocycles. The van der Waals surface area contributed by atoms with Gasteiger partial charge >= 0.3 is 6.03 Å². The summed E-state index contributed by atoms with van der Waals surface area (Å²) in [7, 11) is 0. The smallest absolute Gasteiger partial charge is 0.315 e. The molecule has 4 bridgehead atoms. The molecule has 0 radical (unpaired) electrons. The molecule has 1 atom stereocenters. The molecule has 1 saturated heterocycles. The van der Waals surface area contributed by atoms with Crippen LogP contribution in [-0.4, -0.2) is 36.6 Å². The van der Waals surface area contributed by atoms with Gasteiger partial charge in [-0.25, -0.2) is 4.79 Å². The third-order valence-corrected chi connectivity index (χ3v) is 7.68. The zero-order valence-corrected chi connectivity index (χ0v) is 16.2. The minimum Gasteiger partial charge on any atom is -0.468 e. The van der Waals surface area contributed by atoms with Crippen molar-refractivity contribution in [1.29, 1.82) is 0 Å². The molecule has 1 aromatic rings. The van der Waals surface area contributed by atoms with Crippen molar-refractivity contribution in [2.45, 2.75) is 63.5 Å². The van der Waals surface area contributed by atoms with Crippen molar-refractivity contribution in [2.75, 3.05) is 19.6 Å². The Balaban J connectivity index is 1.19. The fourth-order valence-corrected chi connectivity index (χ4v) is 6.67. The Labute approximate surface area is 162 Å². The number of urea groups is 1. The molecule has 2 amide bonds. The maximum absolute atomic E-state index is 12.7. The molecule has 1 unspecified atom stereocenters. The van der Waals surface area contributed by atoms with E-state index in [2.05, 4.69) is 15.5 Å². The second kappa shape index (κ2) is 7.50. The number of nitrogens with zero attached hydrogens (tertiary/aromatic N) is 1. The highest BCUT2D eigenvalue weighted by atomic mass is 16.3. The Hall–Kier alpha value is -1.49. The van der Waals surface area contributed by atoms with Gasteiger partial charge in [0.25, 0.3) is 0 Å². The second-order valence-electron chi connectivity index (χ2n) is 9.44. The molecule has 0 aromatic carbocycles. The molecule has 5 heteroatoms. The average Bonchev–Trinajstić information content (AvgIpc) is 3.20. The van der Waals surface area contributed by atoms with Crippen LogP contribution in [0.5, 0.6) is 0 Å². The van der Waals surface area contributed by atoms with Crippen molar-refractivity contribution < 1.29 is 9.21 Å². The fraction of sp³-hybridized carbons (Fsp3) is 0.773. The van der Waals surface area contributed by atoms with E-state index in [1.807, 2.05) is 12.1 Å². The maximum Gasteiger partial charge on any atom is 0.315 e. The topological polar surface area (TPSA) is 57.5 Å². The van der Waals surface area contributed by atoms with E-state index < -0.39 is 0 Å². The van der Waals surface area contributed by atoms with Crippen molar-refractivity contribution in [3.63, 3.8) is 0 Å². The third kappa shape index (κ3) is 3.63. The lowest BCUT2D eigenvalue weighted by Gasteiger charge is -2.54. The van der Waals surface area contributed by atoms with Crippen molar-refractivity contribution in [1.82, 2.24) is 15.5 Å². The van der Waals surface area contributed by atoms with E-state index in [0.29, 0.717) is 12.6 Å². The Morgan fingerprint density at radius 2 is 1.78 bits per heavy atom. The molecule has 2 N–H and O–H groups in total. The number of hydrogen-bond acceptors (Lipinski definition) is 3. The number of amides is 2. The summed E-state index contributed by atoms with van der Waals surface area (Å²) in [5.74, 6) is 4.28. The van der Waals surface area contributed by atoms with Crippen LogP contribution in [0, 0.1) is 23.7 Å². The molecule has 5 aliphatic rings. The second-order valence-corrected chi connectivity index (χ2v) is 9.44. The predicted octanol–water partition coefficient (Wildman–Crippen LogP) is 3.93. The number of carbonyl (C=O) groups is 1. The first kappa shape index (κ1) is 17.6. The van der Waals surface area contributed by atoms with E-state index in [0.717, 1.165) is 42.5 Å². The van der Waals surface area contributed by atoms with E-state index >= 15 is 0 Å². The van der Waals surface area contributed by atoms with Crippen molar-refractivity contribution in [2.24, 2.45) is 23.7 Å². The quantitative estimate of drug-likeness (QED) is 0.824. The molecule has 148 valence electrons. The summed E-state index contributed by atoms with van der Waals surface area (Å²) in [6.45, 7) is 2.79. The summed E-state index contributed by atoms with van der Waals surface area (Å²) in [5.41, 5.74) is 0. The lowest BCUT2D eigenvalue weighted by molar-refractivity contribution is -0.00950. The lowest BCUT2D eigenvalue weighted by Crippen LogP contribution is -2.57. The SMILES string of the molecule is O=C(NCC(c1ccco1)N1CCCCC1)NC1C2CC3CC(C2)CC1C3. The average molecular weight is 372 g/mol. The summed E-state index contributed by atoms with van der Waals surface area (Å²) >= 11 is 0. The van der Waals surface area contributed by atoms with Gasteiger partial charge in [0.15, 0.2) is 0 Å². The van der Waals surface area contributed by atoms with Gasteiger partial charge in [-0.3, -0.25) is 4.90 Å². The lowest BCUT2D eigenvalue weighted by atomic mass is 9.54. The van der Waals surface area contributed by atoms with Crippen LogP contribution < -0.4 is 10.6 Å². The zero-order valence-electron chi connectivity index (χ0n) is 16.2. The molecule has 4 saturated carbocycles. The van der Waals surface area contributed by atoms with Gasteiger partial charge in [0.05, 0.1) is 12.3 Å². The third-order valence-electron chi connectivity index (χ3n) is 7.68. The van der Waals surface area contributed by atoms with Crippen molar-refractivity contribution in [3.05, 3.63) is 24.2 Å². The first-order chi connectivity index (χ1) is 13.3. The molecular weight excluding hydrogens is 338 g/mol. The highest BCUT2D eigenvalue weighted by molar-refractivity contribution is 5.74. The van der Waals surface area contributed by atoms with Crippen LogP contribution in [0.4, 0.5) is 4.79 Å². The van der Waals surface area contributed by atoms with Crippen LogP contribution >= 0.6 is 0 Å². The molecule has 5 nitrogen and oxygen atoms in total. The summed E-state index contributed by atoms with van der Waals surface area (Å²) < 4.78 is 5.70. The Morgan fingerprint density at radius 3 is 2.41 bits per heavy atom. The molecule has 27 heavy (non-hydrogen) atoms.